The van der Waals surface area contributed by atoms with Gasteiger partial charge in [0.2, 0.25) is 0 Å². The zero-order valence-corrected chi connectivity index (χ0v) is 16.5. The summed E-state index contributed by atoms with van der Waals surface area (Å²) in [7, 11) is 7.95. The molecule has 0 aliphatic carbocycles. The largest absolute Gasteiger partial charge is 0.354 e. The van der Waals surface area contributed by atoms with Gasteiger partial charge < -0.3 is 15.5 Å². The zero-order valence-electron chi connectivity index (χ0n) is 16.5. The second kappa shape index (κ2) is 10.3. The van der Waals surface area contributed by atoms with Crippen LogP contribution in [0.3, 0.4) is 0 Å². The Morgan fingerprint density at radius 1 is 1.29 bits per heavy atom. The average molecular weight is 337 g/mol. The van der Waals surface area contributed by atoms with Crippen LogP contribution < -0.4 is 10.6 Å². The van der Waals surface area contributed by atoms with Crippen LogP contribution in [0.2, 0.25) is 0 Å². The molecule has 1 heterocycles. The topological polar surface area (TPSA) is 57.5 Å². The first-order chi connectivity index (χ1) is 11.3. The Bertz CT molecular complexity index is 491. The first-order valence-corrected chi connectivity index (χ1v) is 8.95. The van der Waals surface area contributed by atoms with Gasteiger partial charge >= 0.3 is 0 Å². The van der Waals surface area contributed by atoms with Gasteiger partial charge in [-0.05, 0) is 33.4 Å². The Morgan fingerprint density at radius 2 is 2.00 bits per heavy atom. The molecule has 0 aliphatic heterocycles. The Hall–Kier alpha value is -1.56. The van der Waals surface area contributed by atoms with Crippen LogP contribution in [-0.4, -0.2) is 54.4 Å². The molecule has 1 aromatic rings. The molecule has 0 saturated heterocycles. The fraction of sp³-hybridized carbons (Fsp3) is 0.778. The van der Waals surface area contributed by atoms with Gasteiger partial charge in [-0.15, -0.1) is 0 Å². The van der Waals surface area contributed by atoms with Crippen LogP contribution in [0.1, 0.15) is 51.6 Å². The second-order valence-corrected chi connectivity index (χ2v) is 7.25. The van der Waals surface area contributed by atoms with Gasteiger partial charge in [0, 0.05) is 38.4 Å². The second-order valence-electron chi connectivity index (χ2n) is 7.25. The third kappa shape index (κ3) is 7.34. The van der Waals surface area contributed by atoms with E-state index in [9.17, 15) is 0 Å². The number of aliphatic imine (C=N–C) groups is 1. The lowest BCUT2D eigenvalue weighted by atomic mass is 10.0. The van der Waals surface area contributed by atoms with Gasteiger partial charge in [-0.2, -0.15) is 5.10 Å². The van der Waals surface area contributed by atoms with Gasteiger partial charge in [-0.25, -0.2) is 0 Å². The summed E-state index contributed by atoms with van der Waals surface area (Å²) in [5.74, 6) is 1.64. The summed E-state index contributed by atoms with van der Waals surface area (Å²) in [6.45, 7) is 7.56. The first kappa shape index (κ1) is 20.5. The van der Waals surface area contributed by atoms with Crippen LogP contribution in [-0.2, 0) is 7.05 Å². The van der Waals surface area contributed by atoms with E-state index in [4.69, 9.17) is 0 Å². The van der Waals surface area contributed by atoms with Crippen LogP contribution in [0, 0.1) is 5.92 Å². The predicted molar refractivity (Wildman–Crippen MR) is 102 cm³/mol. The number of nitrogens with one attached hydrogen (secondary N) is 2. The van der Waals surface area contributed by atoms with Crippen molar-refractivity contribution in [3.05, 3.63) is 18.0 Å². The summed E-state index contributed by atoms with van der Waals surface area (Å²) in [6, 6.07) is 0.680. The molecule has 6 heteroatoms. The number of rotatable bonds is 9. The van der Waals surface area contributed by atoms with Crippen molar-refractivity contribution in [2.24, 2.45) is 18.0 Å². The Kier molecular flexibility index (Phi) is 8.82. The molecular formula is C18H36N6. The summed E-state index contributed by atoms with van der Waals surface area (Å²) >= 11 is 0. The maximum atomic E-state index is 4.36. The maximum Gasteiger partial charge on any atom is 0.191 e. The lowest BCUT2D eigenvalue weighted by molar-refractivity contribution is 0.297. The molecule has 0 amide bonds. The van der Waals surface area contributed by atoms with Gasteiger partial charge in [-0.3, -0.25) is 9.67 Å². The van der Waals surface area contributed by atoms with Gasteiger partial charge in [0.05, 0.1) is 12.2 Å². The highest BCUT2D eigenvalue weighted by molar-refractivity contribution is 5.79. The average Bonchev–Trinajstić information content (AvgIpc) is 2.91. The predicted octanol–water partition coefficient (Wildman–Crippen LogP) is 2.40. The zero-order chi connectivity index (χ0) is 18.1. The molecule has 2 N–H and O–H groups in total. The first-order valence-electron chi connectivity index (χ1n) is 8.95. The van der Waals surface area contributed by atoms with Gasteiger partial charge in [-0.1, -0.05) is 26.7 Å². The van der Waals surface area contributed by atoms with Crippen molar-refractivity contribution in [2.75, 3.05) is 27.7 Å². The molecule has 2 atom stereocenters. The van der Waals surface area contributed by atoms with Crippen molar-refractivity contribution >= 4 is 5.96 Å². The van der Waals surface area contributed by atoms with E-state index in [0.29, 0.717) is 6.04 Å². The summed E-state index contributed by atoms with van der Waals surface area (Å²) in [5, 5.41) is 11.2. The summed E-state index contributed by atoms with van der Waals surface area (Å²) in [4.78, 5) is 6.55. The Balaban J connectivity index is 2.49. The minimum Gasteiger partial charge on any atom is -0.354 e. The molecule has 0 bridgehead atoms. The minimum atomic E-state index is 0.258. The molecule has 1 rings (SSSR count). The van der Waals surface area contributed by atoms with Gasteiger partial charge in [0.15, 0.2) is 5.96 Å². The third-order valence-corrected chi connectivity index (χ3v) is 4.22. The van der Waals surface area contributed by atoms with E-state index < -0.39 is 0 Å². The van der Waals surface area contributed by atoms with Crippen LogP contribution in [0.5, 0.6) is 0 Å². The van der Waals surface area contributed by atoms with Crippen molar-refractivity contribution in [3.63, 3.8) is 0 Å². The molecular weight excluding hydrogens is 300 g/mol. The maximum absolute atomic E-state index is 4.36. The van der Waals surface area contributed by atoms with Crippen LogP contribution >= 0.6 is 0 Å². The molecule has 138 valence electrons. The third-order valence-electron chi connectivity index (χ3n) is 4.22. The van der Waals surface area contributed by atoms with Crippen molar-refractivity contribution < 1.29 is 0 Å². The van der Waals surface area contributed by atoms with E-state index in [1.54, 1.807) is 0 Å². The highest BCUT2D eigenvalue weighted by Gasteiger charge is 2.16. The number of aryl methyl sites for hydroxylation is 1. The number of hydrogen-bond acceptors (Lipinski definition) is 3. The molecule has 24 heavy (non-hydrogen) atoms. The molecule has 0 spiro atoms. The number of nitrogens with zero attached hydrogens (tertiary/aromatic N) is 4. The number of guanidine groups is 1. The molecule has 0 saturated carbocycles. The quantitative estimate of drug-likeness (QED) is 0.537. The van der Waals surface area contributed by atoms with E-state index in [-0.39, 0.29) is 6.04 Å². The van der Waals surface area contributed by atoms with Crippen LogP contribution in [0.4, 0.5) is 0 Å². The highest BCUT2D eigenvalue weighted by atomic mass is 15.3. The van der Waals surface area contributed by atoms with Gasteiger partial charge in [0.25, 0.3) is 0 Å². The summed E-state index contributed by atoms with van der Waals surface area (Å²) in [6.07, 6.45) is 7.69. The van der Waals surface area contributed by atoms with E-state index in [0.717, 1.165) is 18.4 Å². The monoisotopic (exact) mass is 336 g/mol. The smallest absolute Gasteiger partial charge is 0.191 e. The number of aromatic nitrogens is 2. The van der Waals surface area contributed by atoms with E-state index in [1.807, 2.05) is 25.0 Å². The number of hydrogen-bond donors (Lipinski definition) is 2. The lowest BCUT2D eigenvalue weighted by Crippen LogP contribution is -2.45. The molecule has 2 unspecified atom stereocenters. The van der Waals surface area contributed by atoms with Crippen LogP contribution in [0.25, 0.3) is 0 Å². The summed E-state index contributed by atoms with van der Waals surface area (Å²) in [5.41, 5.74) is 1.20. The molecule has 0 radical (unpaired) electrons. The Labute approximate surface area is 147 Å². The molecule has 0 aromatic carbocycles. The van der Waals surface area contributed by atoms with Gasteiger partial charge in [0.1, 0.15) is 0 Å². The van der Waals surface area contributed by atoms with Crippen LogP contribution in [0.15, 0.2) is 17.4 Å². The van der Waals surface area contributed by atoms with E-state index >= 15 is 0 Å². The molecule has 6 nitrogen and oxygen atoms in total. The van der Waals surface area contributed by atoms with Crippen molar-refractivity contribution in [1.29, 1.82) is 0 Å². The SMILES string of the molecule is CN=C(NCC(c1cnn(C)c1)N(C)C)NC(C)CCCC(C)C. The highest BCUT2D eigenvalue weighted by Crippen LogP contribution is 2.16. The fourth-order valence-electron chi connectivity index (χ4n) is 2.74. The molecule has 1 aromatic heterocycles. The van der Waals surface area contributed by atoms with Crippen molar-refractivity contribution in [1.82, 2.24) is 25.3 Å². The summed E-state index contributed by atoms with van der Waals surface area (Å²) < 4.78 is 1.84. The molecule has 0 fully saturated rings. The fourth-order valence-corrected chi connectivity index (χ4v) is 2.74. The minimum absolute atomic E-state index is 0.258. The lowest BCUT2D eigenvalue weighted by Gasteiger charge is -2.25. The number of likely N-dealkylation sites (N-methyl/N-ethyl adjacent to an activating group) is 1. The van der Waals surface area contributed by atoms with Crippen molar-refractivity contribution in [2.45, 2.75) is 52.1 Å². The standard InChI is InChI=1S/C18H36N6/c1-14(2)9-8-10-15(3)22-18(19-4)20-12-17(23(5)6)16-11-21-24(7)13-16/h11,13-15,17H,8-10,12H2,1-7H3,(H2,19,20,22). The van der Waals surface area contributed by atoms with E-state index in [1.165, 1.54) is 24.8 Å². The Morgan fingerprint density at radius 3 is 2.50 bits per heavy atom. The molecule has 0 aliphatic rings. The van der Waals surface area contributed by atoms with E-state index in [2.05, 4.69) is 66.7 Å². The van der Waals surface area contributed by atoms with Crippen molar-refractivity contribution in [3.8, 4) is 0 Å². The normalized spacial score (nSPS) is 15.0.